The van der Waals surface area contributed by atoms with Crippen molar-refractivity contribution >= 4 is 5.91 Å². The summed E-state index contributed by atoms with van der Waals surface area (Å²) in [5.41, 5.74) is 2.59. The number of likely N-dealkylation sites (N-methyl/N-ethyl adjacent to an activating group) is 1. The molecule has 1 amide bonds. The SMILES string of the molecule is CN1CCN(C(=O)C2Cc3ccccc32)CC1. The topological polar surface area (TPSA) is 23.6 Å². The van der Waals surface area contributed by atoms with Crippen LogP contribution in [0.15, 0.2) is 24.3 Å². The van der Waals surface area contributed by atoms with Crippen LogP contribution in [0.3, 0.4) is 0 Å². The van der Waals surface area contributed by atoms with Gasteiger partial charge in [0.05, 0.1) is 5.92 Å². The minimum atomic E-state index is 0.134. The molecule has 17 heavy (non-hydrogen) atoms. The zero-order chi connectivity index (χ0) is 11.8. The number of piperazine rings is 1. The van der Waals surface area contributed by atoms with Gasteiger partial charge in [-0.3, -0.25) is 4.79 Å². The molecule has 1 aromatic rings. The highest BCUT2D eigenvalue weighted by Crippen LogP contribution is 2.36. The Balaban J connectivity index is 1.69. The van der Waals surface area contributed by atoms with Crippen molar-refractivity contribution in [2.75, 3.05) is 33.2 Å². The fourth-order valence-corrected chi connectivity index (χ4v) is 2.73. The summed E-state index contributed by atoms with van der Waals surface area (Å²) in [6.07, 6.45) is 0.932. The van der Waals surface area contributed by atoms with Crippen LogP contribution in [-0.2, 0) is 11.2 Å². The summed E-state index contributed by atoms with van der Waals surface area (Å²) in [4.78, 5) is 16.7. The number of hydrogen-bond acceptors (Lipinski definition) is 2. The van der Waals surface area contributed by atoms with E-state index in [1.165, 1.54) is 11.1 Å². The van der Waals surface area contributed by atoms with Crippen LogP contribution in [0.4, 0.5) is 0 Å². The van der Waals surface area contributed by atoms with Crippen molar-refractivity contribution in [3.63, 3.8) is 0 Å². The molecule has 1 aromatic carbocycles. The quantitative estimate of drug-likeness (QED) is 0.721. The van der Waals surface area contributed by atoms with Gasteiger partial charge in [0, 0.05) is 26.2 Å². The average molecular weight is 230 g/mol. The largest absolute Gasteiger partial charge is 0.340 e. The van der Waals surface area contributed by atoms with Crippen LogP contribution < -0.4 is 0 Å². The Morgan fingerprint density at radius 1 is 1.18 bits per heavy atom. The lowest BCUT2D eigenvalue weighted by Gasteiger charge is -2.38. The molecule has 0 saturated carbocycles. The van der Waals surface area contributed by atoms with Crippen LogP contribution in [-0.4, -0.2) is 48.9 Å². The van der Waals surface area contributed by atoms with Gasteiger partial charge in [-0.15, -0.1) is 0 Å². The first-order valence-corrected chi connectivity index (χ1v) is 6.31. The number of rotatable bonds is 1. The number of benzene rings is 1. The lowest BCUT2D eigenvalue weighted by molar-refractivity contribution is -0.135. The van der Waals surface area contributed by atoms with E-state index in [1.807, 2.05) is 11.0 Å². The van der Waals surface area contributed by atoms with E-state index in [-0.39, 0.29) is 5.92 Å². The smallest absolute Gasteiger partial charge is 0.230 e. The maximum atomic E-state index is 12.4. The van der Waals surface area contributed by atoms with E-state index in [1.54, 1.807) is 0 Å². The van der Waals surface area contributed by atoms with Crippen molar-refractivity contribution in [3.05, 3.63) is 35.4 Å². The number of amides is 1. The lowest BCUT2D eigenvalue weighted by Crippen LogP contribution is -2.49. The van der Waals surface area contributed by atoms with Crippen LogP contribution in [0.1, 0.15) is 17.0 Å². The third-order valence-electron chi connectivity index (χ3n) is 3.97. The Bertz CT molecular complexity index is 436. The summed E-state index contributed by atoms with van der Waals surface area (Å²) in [7, 11) is 2.11. The Hall–Kier alpha value is -1.35. The maximum Gasteiger partial charge on any atom is 0.230 e. The zero-order valence-corrected chi connectivity index (χ0v) is 10.2. The highest BCUT2D eigenvalue weighted by Gasteiger charge is 2.35. The van der Waals surface area contributed by atoms with Gasteiger partial charge in [-0.05, 0) is 24.6 Å². The van der Waals surface area contributed by atoms with Gasteiger partial charge < -0.3 is 9.80 Å². The van der Waals surface area contributed by atoms with Gasteiger partial charge in [-0.25, -0.2) is 0 Å². The molecule has 1 saturated heterocycles. The summed E-state index contributed by atoms with van der Waals surface area (Å²) in [6.45, 7) is 3.77. The second-order valence-electron chi connectivity index (χ2n) is 5.08. The highest BCUT2D eigenvalue weighted by molar-refractivity contribution is 5.87. The molecule has 1 aliphatic heterocycles. The molecular weight excluding hydrogens is 212 g/mol. The van der Waals surface area contributed by atoms with E-state index in [0.717, 1.165) is 32.6 Å². The van der Waals surface area contributed by atoms with Gasteiger partial charge in [0.1, 0.15) is 0 Å². The predicted octanol–water partition coefficient (Wildman–Crippen LogP) is 1.10. The molecule has 2 aliphatic rings. The van der Waals surface area contributed by atoms with Gasteiger partial charge >= 0.3 is 0 Å². The molecule has 1 unspecified atom stereocenters. The van der Waals surface area contributed by atoms with Crippen LogP contribution in [0, 0.1) is 0 Å². The third-order valence-corrected chi connectivity index (χ3v) is 3.97. The first kappa shape index (κ1) is 10.8. The standard InChI is InChI=1S/C14H18N2O/c1-15-6-8-16(9-7-15)14(17)13-10-11-4-2-3-5-12(11)13/h2-5,13H,6-10H2,1H3. The normalized spacial score (nSPS) is 24.1. The Kier molecular flexibility index (Phi) is 2.63. The predicted molar refractivity (Wildman–Crippen MR) is 67.0 cm³/mol. The monoisotopic (exact) mass is 230 g/mol. The molecule has 90 valence electrons. The molecule has 3 heteroatoms. The number of nitrogens with zero attached hydrogens (tertiary/aromatic N) is 2. The van der Waals surface area contributed by atoms with E-state index < -0.39 is 0 Å². The van der Waals surface area contributed by atoms with E-state index in [0.29, 0.717) is 5.91 Å². The molecular formula is C14H18N2O. The number of carbonyl (C=O) groups excluding carboxylic acids is 1. The Morgan fingerprint density at radius 2 is 1.88 bits per heavy atom. The molecule has 0 aromatic heterocycles. The van der Waals surface area contributed by atoms with E-state index >= 15 is 0 Å². The summed E-state index contributed by atoms with van der Waals surface area (Å²) >= 11 is 0. The summed E-state index contributed by atoms with van der Waals surface area (Å²) in [6, 6.07) is 8.30. The van der Waals surface area contributed by atoms with Gasteiger partial charge in [0.15, 0.2) is 0 Å². The van der Waals surface area contributed by atoms with Gasteiger partial charge in [-0.1, -0.05) is 24.3 Å². The summed E-state index contributed by atoms with van der Waals surface area (Å²) in [5, 5.41) is 0. The van der Waals surface area contributed by atoms with E-state index in [9.17, 15) is 4.79 Å². The zero-order valence-electron chi connectivity index (χ0n) is 10.2. The van der Waals surface area contributed by atoms with Gasteiger partial charge in [0.25, 0.3) is 0 Å². The van der Waals surface area contributed by atoms with Crippen molar-refractivity contribution < 1.29 is 4.79 Å². The summed E-state index contributed by atoms with van der Waals surface area (Å²) in [5.74, 6) is 0.464. The van der Waals surface area contributed by atoms with E-state index in [4.69, 9.17) is 0 Å². The van der Waals surface area contributed by atoms with Crippen LogP contribution >= 0.6 is 0 Å². The van der Waals surface area contributed by atoms with Crippen molar-refractivity contribution in [3.8, 4) is 0 Å². The molecule has 1 aliphatic carbocycles. The van der Waals surface area contributed by atoms with Crippen molar-refractivity contribution in [1.82, 2.24) is 9.80 Å². The third kappa shape index (κ3) is 1.84. The molecule has 3 rings (SSSR count). The Labute approximate surface area is 102 Å². The lowest BCUT2D eigenvalue weighted by atomic mass is 9.77. The first-order chi connectivity index (χ1) is 8.25. The fourth-order valence-electron chi connectivity index (χ4n) is 2.73. The average Bonchev–Trinajstić information content (AvgIpc) is 2.31. The van der Waals surface area contributed by atoms with Crippen LogP contribution in [0.2, 0.25) is 0 Å². The number of hydrogen-bond donors (Lipinski definition) is 0. The first-order valence-electron chi connectivity index (χ1n) is 6.31. The number of fused-ring (bicyclic) bond motifs is 1. The van der Waals surface area contributed by atoms with E-state index in [2.05, 4.69) is 30.1 Å². The molecule has 0 bridgehead atoms. The molecule has 1 heterocycles. The fraction of sp³-hybridized carbons (Fsp3) is 0.500. The summed E-state index contributed by atoms with van der Waals surface area (Å²) < 4.78 is 0. The molecule has 0 radical (unpaired) electrons. The van der Waals surface area contributed by atoms with Gasteiger partial charge in [0.2, 0.25) is 5.91 Å². The molecule has 3 nitrogen and oxygen atoms in total. The maximum absolute atomic E-state index is 12.4. The second-order valence-corrected chi connectivity index (χ2v) is 5.08. The second kappa shape index (κ2) is 4.15. The van der Waals surface area contributed by atoms with Crippen molar-refractivity contribution in [1.29, 1.82) is 0 Å². The molecule has 1 atom stereocenters. The molecule has 0 N–H and O–H groups in total. The minimum absolute atomic E-state index is 0.134. The van der Waals surface area contributed by atoms with Gasteiger partial charge in [-0.2, -0.15) is 0 Å². The number of carbonyl (C=O) groups is 1. The van der Waals surface area contributed by atoms with Crippen molar-refractivity contribution in [2.45, 2.75) is 12.3 Å². The van der Waals surface area contributed by atoms with Crippen molar-refractivity contribution in [2.24, 2.45) is 0 Å². The molecule has 1 fully saturated rings. The van der Waals surface area contributed by atoms with Crippen LogP contribution in [0.5, 0.6) is 0 Å². The Morgan fingerprint density at radius 3 is 2.59 bits per heavy atom. The minimum Gasteiger partial charge on any atom is -0.340 e. The highest BCUT2D eigenvalue weighted by atomic mass is 16.2. The molecule has 0 spiro atoms. The van der Waals surface area contributed by atoms with Crippen LogP contribution in [0.25, 0.3) is 0 Å².